The van der Waals surface area contributed by atoms with Crippen LogP contribution in [0.15, 0.2) is 0 Å². The van der Waals surface area contributed by atoms with Crippen molar-refractivity contribution in [1.82, 2.24) is 0 Å². The molecule has 0 aromatic carbocycles. The van der Waals surface area contributed by atoms with Crippen molar-refractivity contribution in [3.63, 3.8) is 0 Å². The number of aliphatic hydroxyl groups is 1. The number of aliphatic hydroxyl groups excluding tert-OH is 1. The molecule has 4 heteroatoms. The molecular weight excluding hydrogens is 293 g/mol. The first-order valence-corrected chi connectivity index (χ1v) is 5.22. The quantitative estimate of drug-likeness (QED) is 0.464. The summed E-state index contributed by atoms with van der Waals surface area (Å²) in [5.41, 5.74) is 0. The van der Waals surface area contributed by atoms with Crippen LogP contribution in [0.4, 0.5) is 0 Å². The van der Waals surface area contributed by atoms with Gasteiger partial charge < -0.3 is 38.3 Å². The fourth-order valence-electron chi connectivity index (χ4n) is 1.78. The second-order valence-electron chi connectivity index (χ2n) is 4.39. The predicted molar refractivity (Wildman–Crippen MR) is 52.5 cm³/mol. The first-order chi connectivity index (χ1) is 6.12. The minimum absolute atomic E-state index is 0. The molecule has 0 aliphatic carbocycles. The smallest absolute Gasteiger partial charge is 0.102 e. The second kappa shape index (κ2) is 6.98. The third-order valence-electron chi connectivity index (χ3n) is 2.87. The van der Waals surface area contributed by atoms with E-state index in [9.17, 15) is 0 Å². The first kappa shape index (κ1) is 14.6. The van der Waals surface area contributed by atoms with E-state index in [0.29, 0.717) is 0 Å². The van der Waals surface area contributed by atoms with Gasteiger partial charge in [-0.1, -0.05) is 0 Å². The van der Waals surface area contributed by atoms with Crippen LogP contribution in [0, 0.1) is 0 Å². The highest BCUT2D eigenvalue weighted by molar-refractivity contribution is 4.50. The van der Waals surface area contributed by atoms with E-state index < -0.39 is 0 Å². The molecule has 0 aromatic heterocycles. The third kappa shape index (κ3) is 5.48. The van der Waals surface area contributed by atoms with E-state index >= 15 is 0 Å². The topological polar surface area (TPSA) is 29.5 Å². The molecule has 0 radical (unpaired) electrons. The minimum atomic E-state index is -0.146. The van der Waals surface area contributed by atoms with Gasteiger partial charge in [0.25, 0.3) is 0 Å². The molecule has 3 nitrogen and oxygen atoms in total. The molecule has 0 bridgehead atoms. The van der Waals surface area contributed by atoms with Gasteiger partial charge in [-0.25, -0.2) is 0 Å². The zero-order valence-corrected chi connectivity index (χ0v) is 11.4. The molecule has 1 unspecified atom stereocenters. The number of morpholine rings is 1. The maximum atomic E-state index is 9.13. The van der Waals surface area contributed by atoms with Crippen molar-refractivity contribution >= 4 is 0 Å². The number of ether oxygens (including phenoxy) is 1. The molecule has 0 saturated carbocycles. The third-order valence-corrected chi connectivity index (χ3v) is 2.87. The van der Waals surface area contributed by atoms with Gasteiger partial charge in [-0.15, -0.1) is 0 Å². The van der Waals surface area contributed by atoms with Crippen LogP contribution in [-0.4, -0.2) is 55.6 Å². The lowest BCUT2D eigenvalue weighted by atomic mass is 10.2. The SMILES string of the molecule is CC(O)CCC[N+]1(C)CCOCC1.[I-]. The summed E-state index contributed by atoms with van der Waals surface area (Å²) in [7, 11) is 2.28. The van der Waals surface area contributed by atoms with Crippen molar-refractivity contribution in [1.29, 1.82) is 0 Å². The van der Waals surface area contributed by atoms with Crippen LogP contribution in [0.1, 0.15) is 19.8 Å². The van der Waals surface area contributed by atoms with E-state index in [-0.39, 0.29) is 30.1 Å². The number of nitrogens with zero attached hydrogens (tertiary/aromatic N) is 1. The summed E-state index contributed by atoms with van der Waals surface area (Å²) in [4.78, 5) is 0. The van der Waals surface area contributed by atoms with Crippen LogP contribution in [0.25, 0.3) is 0 Å². The predicted octanol–water partition coefficient (Wildman–Crippen LogP) is -2.37. The van der Waals surface area contributed by atoms with E-state index in [1.165, 1.54) is 6.54 Å². The van der Waals surface area contributed by atoms with Gasteiger partial charge in [0.1, 0.15) is 13.1 Å². The van der Waals surface area contributed by atoms with Gasteiger partial charge in [0, 0.05) is 0 Å². The lowest BCUT2D eigenvalue weighted by Crippen LogP contribution is -3.00. The fraction of sp³-hybridized carbons (Fsp3) is 1.00. The molecule has 1 saturated heterocycles. The molecule has 1 fully saturated rings. The maximum absolute atomic E-state index is 9.13. The Hall–Kier alpha value is 0.610. The highest BCUT2D eigenvalue weighted by Crippen LogP contribution is 2.10. The Balaban J connectivity index is 0.00000169. The molecule has 1 N–H and O–H groups in total. The Morgan fingerprint density at radius 3 is 2.43 bits per heavy atom. The van der Waals surface area contributed by atoms with E-state index in [1.807, 2.05) is 6.92 Å². The van der Waals surface area contributed by atoms with Gasteiger partial charge in [0.05, 0.1) is 32.9 Å². The van der Waals surface area contributed by atoms with Crippen LogP contribution in [0.5, 0.6) is 0 Å². The summed E-state index contributed by atoms with van der Waals surface area (Å²) in [5, 5.41) is 9.13. The standard InChI is InChI=1S/C10H22NO2.HI/c1-10(12)4-3-5-11(2)6-8-13-9-7-11;/h10,12H,3-9H2,1-2H3;1H/q+1;/p-1. The Bertz CT molecular complexity index is 147. The molecule has 1 aliphatic rings. The molecule has 0 spiro atoms. The number of quaternary nitrogens is 1. The van der Waals surface area contributed by atoms with Crippen LogP contribution in [0.3, 0.4) is 0 Å². The Labute approximate surface area is 104 Å². The fourth-order valence-corrected chi connectivity index (χ4v) is 1.78. The first-order valence-electron chi connectivity index (χ1n) is 5.22. The van der Waals surface area contributed by atoms with Crippen molar-refractivity contribution in [2.45, 2.75) is 25.9 Å². The molecule has 14 heavy (non-hydrogen) atoms. The van der Waals surface area contributed by atoms with Crippen LogP contribution < -0.4 is 24.0 Å². The number of likely N-dealkylation sites (N-methyl/N-ethyl adjacent to an activating group) is 1. The molecule has 1 rings (SSSR count). The Morgan fingerprint density at radius 1 is 1.36 bits per heavy atom. The summed E-state index contributed by atoms with van der Waals surface area (Å²) >= 11 is 0. The largest absolute Gasteiger partial charge is 1.00 e. The zero-order chi connectivity index (χ0) is 9.73. The number of halogens is 1. The van der Waals surface area contributed by atoms with Crippen molar-refractivity contribution in [2.75, 3.05) is 39.9 Å². The van der Waals surface area contributed by atoms with E-state index in [4.69, 9.17) is 9.84 Å². The number of hydrogen-bond acceptors (Lipinski definition) is 2. The molecule has 0 aromatic rings. The molecule has 86 valence electrons. The summed E-state index contributed by atoms with van der Waals surface area (Å²) in [5.74, 6) is 0. The molecule has 1 aliphatic heterocycles. The van der Waals surface area contributed by atoms with Gasteiger partial charge in [-0.3, -0.25) is 0 Å². The highest BCUT2D eigenvalue weighted by atomic mass is 127. The summed E-state index contributed by atoms with van der Waals surface area (Å²) in [6, 6.07) is 0. The van der Waals surface area contributed by atoms with Gasteiger partial charge in [-0.05, 0) is 19.8 Å². The zero-order valence-electron chi connectivity index (χ0n) is 9.21. The van der Waals surface area contributed by atoms with Crippen molar-refractivity contribution in [2.24, 2.45) is 0 Å². The van der Waals surface area contributed by atoms with Gasteiger partial charge in [0.2, 0.25) is 0 Å². The van der Waals surface area contributed by atoms with Gasteiger partial charge in [0.15, 0.2) is 0 Å². The average molecular weight is 315 g/mol. The Morgan fingerprint density at radius 2 is 1.93 bits per heavy atom. The van der Waals surface area contributed by atoms with E-state index in [2.05, 4.69) is 7.05 Å². The van der Waals surface area contributed by atoms with E-state index in [0.717, 1.165) is 43.6 Å². The summed E-state index contributed by atoms with van der Waals surface area (Å²) < 4.78 is 6.45. The van der Waals surface area contributed by atoms with Crippen molar-refractivity contribution in [3.8, 4) is 0 Å². The Kier molecular flexibility index (Phi) is 7.28. The van der Waals surface area contributed by atoms with Crippen molar-refractivity contribution < 1.29 is 38.3 Å². The molecule has 1 heterocycles. The molecule has 0 amide bonds. The van der Waals surface area contributed by atoms with Crippen molar-refractivity contribution in [3.05, 3.63) is 0 Å². The molecular formula is C10H22INO2. The lowest BCUT2D eigenvalue weighted by molar-refractivity contribution is -0.917. The summed E-state index contributed by atoms with van der Waals surface area (Å²) in [6.45, 7) is 7.07. The van der Waals surface area contributed by atoms with Crippen LogP contribution in [-0.2, 0) is 4.74 Å². The monoisotopic (exact) mass is 315 g/mol. The van der Waals surface area contributed by atoms with Crippen LogP contribution >= 0.6 is 0 Å². The normalized spacial score (nSPS) is 22.5. The lowest BCUT2D eigenvalue weighted by Gasteiger charge is -2.37. The number of hydrogen-bond donors (Lipinski definition) is 1. The number of rotatable bonds is 4. The average Bonchev–Trinajstić information content (AvgIpc) is 2.04. The second-order valence-corrected chi connectivity index (χ2v) is 4.39. The maximum Gasteiger partial charge on any atom is 0.102 e. The van der Waals surface area contributed by atoms with Gasteiger partial charge >= 0.3 is 0 Å². The summed E-state index contributed by atoms with van der Waals surface area (Å²) in [6.07, 6.45) is 1.90. The minimum Gasteiger partial charge on any atom is -1.00 e. The van der Waals surface area contributed by atoms with Crippen LogP contribution in [0.2, 0.25) is 0 Å². The van der Waals surface area contributed by atoms with E-state index in [1.54, 1.807) is 0 Å². The van der Waals surface area contributed by atoms with Gasteiger partial charge in [-0.2, -0.15) is 0 Å². The highest BCUT2D eigenvalue weighted by Gasteiger charge is 2.24. The molecule has 1 atom stereocenters.